The fourth-order valence-electron chi connectivity index (χ4n) is 1.34. The van der Waals surface area contributed by atoms with Crippen LogP contribution in [0.25, 0.3) is 0 Å². The predicted octanol–water partition coefficient (Wildman–Crippen LogP) is -1.42. The van der Waals surface area contributed by atoms with Crippen LogP contribution < -0.4 is 5.06 Å². The van der Waals surface area contributed by atoms with Crippen LogP contribution in [-0.4, -0.2) is 33.0 Å². The van der Waals surface area contributed by atoms with E-state index >= 15 is 0 Å². The maximum atomic E-state index is 11.0. The standard InChI is InChI=1S/C6H13NO3S/c1-11(9,10)6-2-4-7(8)5-3-6/h6-7H,2-5H2,1H3. The summed E-state index contributed by atoms with van der Waals surface area (Å²) in [5.41, 5.74) is 0. The molecule has 0 saturated carbocycles. The maximum absolute atomic E-state index is 11.0. The van der Waals surface area contributed by atoms with Crippen molar-refractivity contribution in [2.24, 2.45) is 0 Å². The summed E-state index contributed by atoms with van der Waals surface area (Å²) in [6.45, 7) is 0.884. The zero-order valence-electron chi connectivity index (χ0n) is 6.54. The second-order valence-corrected chi connectivity index (χ2v) is 5.39. The van der Waals surface area contributed by atoms with E-state index in [0.29, 0.717) is 25.9 Å². The molecule has 1 fully saturated rings. The Balaban J connectivity index is 2.53. The van der Waals surface area contributed by atoms with Crippen LogP contribution in [0.1, 0.15) is 12.8 Å². The van der Waals surface area contributed by atoms with E-state index in [1.54, 1.807) is 0 Å². The monoisotopic (exact) mass is 179 g/mol. The molecule has 1 rings (SSSR count). The van der Waals surface area contributed by atoms with Crippen molar-refractivity contribution in [1.29, 1.82) is 0 Å². The molecule has 1 N–H and O–H groups in total. The van der Waals surface area contributed by atoms with Gasteiger partial charge in [-0.15, -0.1) is 0 Å². The van der Waals surface area contributed by atoms with E-state index in [-0.39, 0.29) is 10.3 Å². The number of sulfone groups is 1. The number of piperidine rings is 1. The summed E-state index contributed by atoms with van der Waals surface area (Å²) < 4.78 is 22.0. The van der Waals surface area contributed by atoms with E-state index in [1.165, 1.54) is 6.26 Å². The summed E-state index contributed by atoms with van der Waals surface area (Å²) in [5.74, 6) is 0. The van der Waals surface area contributed by atoms with Crippen LogP contribution in [0.5, 0.6) is 0 Å². The smallest absolute Gasteiger partial charge is 0.150 e. The topological polar surface area (TPSA) is 61.6 Å². The summed E-state index contributed by atoms with van der Waals surface area (Å²) in [7, 11) is -2.90. The second kappa shape index (κ2) is 3.08. The van der Waals surface area contributed by atoms with Gasteiger partial charge in [-0.2, -0.15) is 0 Å². The Morgan fingerprint density at radius 3 is 2.18 bits per heavy atom. The number of nitrogens with one attached hydrogen (secondary N) is 1. The summed E-state index contributed by atoms with van der Waals surface area (Å²) >= 11 is 0. The Labute approximate surface area is 66.7 Å². The first-order valence-electron chi connectivity index (χ1n) is 3.71. The van der Waals surface area contributed by atoms with Gasteiger partial charge in [0.25, 0.3) is 0 Å². The highest BCUT2D eigenvalue weighted by Gasteiger charge is 2.25. The highest BCUT2D eigenvalue weighted by atomic mass is 32.2. The molecule has 0 radical (unpaired) electrons. The highest BCUT2D eigenvalue weighted by molar-refractivity contribution is 7.91. The number of hydroxylamine groups is 2. The van der Waals surface area contributed by atoms with Crippen LogP contribution in [0.4, 0.5) is 0 Å². The number of quaternary nitrogens is 1. The van der Waals surface area contributed by atoms with E-state index in [4.69, 9.17) is 0 Å². The van der Waals surface area contributed by atoms with Gasteiger partial charge in [0, 0.05) is 19.1 Å². The first-order valence-corrected chi connectivity index (χ1v) is 5.66. The van der Waals surface area contributed by atoms with Crippen molar-refractivity contribution in [3.63, 3.8) is 0 Å². The normalized spacial score (nSPS) is 33.6. The van der Waals surface area contributed by atoms with Crippen LogP contribution in [0.15, 0.2) is 0 Å². The minimum Gasteiger partial charge on any atom is -0.634 e. The lowest BCUT2D eigenvalue weighted by molar-refractivity contribution is -0.853. The molecule has 0 amide bonds. The Bertz CT molecular complexity index is 216. The zero-order valence-corrected chi connectivity index (χ0v) is 7.36. The van der Waals surface area contributed by atoms with Gasteiger partial charge in [0.05, 0.1) is 18.3 Å². The van der Waals surface area contributed by atoms with Crippen LogP contribution >= 0.6 is 0 Å². The van der Waals surface area contributed by atoms with E-state index in [1.807, 2.05) is 0 Å². The molecule has 0 aromatic rings. The lowest BCUT2D eigenvalue weighted by Gasteiger charge is -2.30. The van der Waals surface area contributed by atoms with Crippen molar-refractivity contribution in [2.45, 2.75) is 18.1 Å². The molecule has 0 aromatic heterocycles. The van der Waals surface area contributed by atoms with E-state index in [9.17, 15) is 13.6 Å². The van der Waals surface area contributed by atoms with Crippen molar-refractivity contribution >= 4 is 9.84 Å². The lowest BCUT2D eigenvalue weighted by Crippen LogP contribution is -3.08. The highest BCUT2D eigenvalue weighted by Crippen LogP contribution is 2.09. The van der Waals surface area contributed by atoms with Crippen molar-refractivity contribution in [2.75, 3.05) is 19.3 Å². The van der Waals surface area contributed by atoms with Gasteiger partial charge in [0.1, 0.15) is 0 Å². The number of rotatable bonds is 1. The molecule has 1 saturated heterocycles. The van der Waals surface area contributed by atoms with Gasteiger partial charge in [-0.1, -0.05) is 0 Å². The third-order valence-electron chi connectivity index (χ3n) is 2.10. The number of hydrogen-bond donors (Lipinski definition) is 1. The van der Waals surface area contributed by atoms with Crippen molar-refractivity contribution in [1.82, 2.24) is 0 Å². The molecule has 0 atom stereocenters. The molecule has 1 heterocycles. The van der Waals surface area contributed by atoms with Crippen LogP contribution in [0.3, 0.4) is 0 Å². The van der Waals surface area contributed by atoms with E-state index in [2.05, 4.69) is 0 Å². The summed E-state index contributed by atoms with van der Waals surface area (Å²) in [4.78, 5) is 0. The molecule has 1 aliphatic heterocycles. The average Bonchev–Trinajstić information content (AvgIpc) is 1.86. The largest absolute Gasteiger partial charge is 0.634 e. The van der Waals surface area contributed by atoms with Gasteiger partial charge < -0.3 is 10.3 Å². The average molecular weight is 179 g/mol. The fraction of sp³-hybridized carbons (Fsp3) is 1.00. The molecular weight excluding hydrogens is 166 g/mol. The maximum Gasteiger partial charge on any atom is 0.150 e. The van der Waals surface area contributed by atoms with Gasteiger partial charge in [0.15, 0.2) is 9.84 Å². The van der Waals surface area contributed by atoms with Gasteiger partial charge in [-0.25, -0.2) is 8.42 Å². The molecule has 11 heavy (non-hydrogen) atoms. The quantitative estimate of drug-likeness (QED) is 0.502. The second-order valence-electron chi connectivity index (χ2n) is 3.07. The van der Waals surface area contributed by atoms with Crippen molar-refractivity contribution in [3.05, 3.63) is 5.21 Å². The van der Waals surface area contributed by atoms with Crippen molar-refractivity contribution < 1.29 is 13.5 Å². The Kier molecular flexibility index (Phi) is 2.51. The molecular formula is C6H13NO3S. The molecule has 4 nitrogen and oxygen atoms in total. The van der Waals surface area contributed by atoms with Crippen LogP contribution in [0.2, 0.25) is 0 Å². The molecule has 66 valence electrons. The Hall–Kier alpha value is -0.130. The fourth-order valence-corrected chi connectivity index (χ4v) is 2.43. The minimum atomic E-state index is -2.90. The molecule has 0 bridgehead atoms. The molecule has 0 unspecified atom stereocenters. The summed E-state index contributed by atoms with van der Waals surface area (Å²) in [6, 6.07) is 0. The van der Waals surface area contributed by atoms with Gasteiger partial charge in [0.2, 0.25) is 0 Å². The molecule has 5 heteroatoms. The first kappa shape index (κ1) is 8.96. The first-order chi connectivity index (χ1) is 5.00. The zero-order chi connectivity index (χ0) is 8.48. The van der Waals surface area contributed by atoms with Gasteiger partial charge in [-0.05, 0) is 0 Å². The summed E-state index contributed by atoms with van der Waals surface area (Å²) in [6.07, 6.45) is 2.29. The lowest BCUT2D eigenvalue weighted by atomic mass is 10.2. The van der Waals surface area contributed by atoms with E-state index < -0.39 is 9.84 Å². The Morgan fingerprint density at radius 2 is 1.82 bits per heavy atom. The van der Waals surface area contributed by atoms with Crippen LogP contribution in [-0.2, 0) is 9.84 Å². The van der Waals surface area contributed by atoms with Crippen molar-refractivity contribution in [3.8, 4) is 0 Å². The number of hydrogen-bond acceptors (Lipinski definition) is 3. The third kappa shape index (κ3) is 2.43. The van der Waals surface area contributed by atoms with Gasteiger partial charge in [-0.3, -0.25) is 0 Å². The van der Waals surface area contributed by atoms with E-state index in [0.717, 1.165) is 0 Å². The third-order valence-corrected chi connectivity index (χ3v) is 3.78. The molecule has 0 aromatic carbocycles. The molecule has 0 aliphatic carbocycles. The molecule has 1 aliphatic rings. The molecule has 0 spiro atoms. The minimum absolute atomic E-state index is 0.199. The Morgan fingerprint density at radius 1 is 1.36 bits per heavy atom. The SMILES string of the molecule is CS(=O)(=O)C1CC[NH+]([O-])CC1. The summed E-state index contributed by atoms with van der Waals surface area (Å²) in [5, 5.41) is 10.7. The van der Waals surface area contributed by atoms with Gasteiger partial charge >= 0.3 is 0 Å². The predicted molar refractivity (Wildman–Crippen MR) is 41.9 cm³/mol. The van der Waals surface area contributed by atoms with Crippen LogP contribution in [0, 0.1) is 5.21 Å².